The van der Waals surface area contributed by atoms with Crippen molar-refractivity contribution >= 4 is 33.0 Å². The van der Waals surface area contributed by atoms with Crippen LogP contribution in [0.25, 0.3) is 0 Å². The number of nitrogens with zero attached hydrogens (tertiary/aromatic N) is 1. The number of nitrogens with two attached hydrogens (primary N) is 1. The maximum atomic E-state index is 12.2. The summed E-state index contributed by atoms with van der Waals surface area (Å²) in [4.78, 5) is 12.9. The molecule has 1 aromatic carbocycles. The summed E-state index contributed by atoms with van der Waals surface area (Å²) in [7, 11) is -0.745. The Hall–Kier alpha value is -1.27. The van der Waals surface area contributed by atoms with E-state index < -0.39 is 21.0 Å². The van der Waals surface area contributed by atoms with E-state index in [0.717, 1.165) is 0 Å². The van der Waals surface area contributed by atoms with Gasteiger partial charge < -0.3 is 10.6 Å². The molecule has 1 aromatic rings. The number of nitrogen functional groups attached to an aromatic ring is 1. The average Bonchev–Trinajstić information content (AvgIpc) is 2.30. The first-order valence-corrected chi connectivity index (χ1v) is 7.10. The van der Waals surface area contributed by atoms with Gasteiger partial charge in [0.1, 0.15) is 5.25 Å². The largest absolute Gasteiger partial charge is 0.398 e. The molecule has 18 heavy (non-hydrogen) atoms. The summed E-state index contributed by atoms with van der Waals surface area (Å²) in [6, 6.07) is 4.00. The van der Waals surface area contributed by atoms with Crippen LogP contribution in [0.5, 0.6) is 0 Å². The van der Waals surface area contributed by atoms with Crippen molar-refractivity contribution in [1.29, 1.82) is 0 Å². The third-order valence-corrected chi connectivity index (χ3v) is 4.93. The highest BCUT2D eigenvalue weighted by atomic mass is 35.5. The fraction of sp³-hybridized carbons (Fsp3) is 0.364. The van der Waals surface area contributed by atoms with Gasteiger partial charge in [-0.15, -0.1) is 0 Å². The molecule has 0 saturated carbocycles. The van der Waals surface area contributed by atoms with E-state index in [1.54, 1.807) is 0 Å². The first-order chi connectivity index (χ1) is 8.17. The predicted molar refractivity (Wildman–Crippen MR) is 71.2 cm³/mol. The van der Waals surface area contributed by atoms with Crippen molar-refractivity contribution in [3.8, 4) is 0 Å². The average molecular weight is 291 g/mol. The van der Waals surface area contributed by atoms with E-state index in [1.807, 2.05) is 0 Å². The minimum Gasteiger partial charge on any atom is -0.398 e. The van der Waals surface area contributed by atoms with Crippen LogP contribution in [-0.4, -0.2) is 38.6 Å². The number of anilines is 1. The lowest BCUT2D eigenvalue weighted by Gasteiger charge is -2.17. The molecule has 1 atom stereocenters. The summed E-state index contributed by atoms with van der Waals surface area (Å²) in [5.41, 5.74) is 5.81. The summed E-state index contributed by atoms with van der Waals surface area (Å²) in [6.45, 7) is 1.35. The maximum Gasteiger partial charge on any atom is 0.240 e. The van der Waals surface area contributed by atoms with Crippen molar-refractivity contribution in [2.24, 2.45) is 0 Å². The minimum absolute atomic E-state index is 0.00981. The molecule has 0 radical (unpaired) electrons. The molecule has 0 fully saturated rings. The molecule has 7 heteroatoms. The van der Waals surface area contributed by atoms with E-state index >= 15 is 0 Å². The lowest BCUT2D eigenvalue weighted by Crippen LogP contribution is -2.37. The Balaban J connectivity index is 3.21. The van der Waals surface area contributed by atoms with Gasteiger partial charge in [0.2, 0.25) is 5.91 Å². The van der Waals surface area contributed by atoms with E-state index in [2.05, 4.69) is 0 Å². The molecule has 100 valence electrons. The number of amides is 1. The molecule has 0 saturated heterocycles. The molecule has 1 unspecified atom stereocenters. The number of hydrogen-bond acceptors (Lipinski definition) is 4. The number of rotatable bonds is 3. The van der Waals surface area contributed by atoms with Gasteiger partial charge >= 0.3 is 0 Å². The second kappa shape index (κ2) is 5.16. The monoisotopic (exact) mass is 290 g/mol. The van der Waals surface area contributed by atoms with Crippen LogP contribution < -0.4 is 5.73 Å². The van der Waals surface area contributed by atoms with Crippen LogP contribution in [0.1, 0.15) is 6.92 Å². The molecule has 5 nitrogen and oxygen atoms in total. The van der Waals surface area contributed by atoms with Crippen molar-refractivity contribution < 1.29 is 13.2 Å². The standard InChI is InChI=1S/C11H15ClN2O3S/c1-7(11(15)14(2)3)18(16,17)8-4-5-10(13)9(12)6-8/h4-7H,13H2,1-3H3. The summed E-state index contributed by atoms with van der Waals surface area (Å²) in [5, 5.41) is -1.01. The van der Waals surface area contributed by atoms with Crippen LogP contribution in [0.15, 0.2) is 23.1 Å². The molecule has 0 spiro atoms. The molecule has 1 amide bonds. The minimum atomic E-state index is -3.75. The predicted octanol–water partition coefficient (Wildman–Crippen LogP) is 1.17. The van der Waals surface area contributed by atoms with Crippen LogP contribution in [0.3, 0.4) is 0 Å². The second-order valence-electron chi connectivity index (χ2n) is 4.10. The van der Waals surface area contributed by atoms with Gasteiger partial charge in [-0.2, -0.15) is 0 Å². The quantitative estimate of drug-likeness (QED) is 0.848. The summed E-state index contributed by atoms with van der Waals surface area (Å²) in [5.74, 6) is -0.483. The molecule has 0 aromatic heterocycles. The number of carbonyl (C=O) groups is 1. The number of sulfone groups is 1. The number of benzene rings is 1. The van der Waals surface area contributed by atoms with Gasteiger partial charge in [-0.3, -0.25) is 4.79 Å². The van der Waals surface area contributed by atoms with E-state index in [9.17, 15) is 13.2 Å². The summed E-state index contributed by atoms with van der Waals surface area (Å²) >= 11 is 5.78. The van der Waals surface area contributed by atoms with E-state index in [4.69, 9.17) is 17.3 Å². The van der Waals surface area contributed by atoms with Gasteiger partial charge in [-0.1, -0.05) is 11.6 Å². The van der Waals surface area contributed by atoms with Crippen LogP contribution in [0, 0.1) is 0 Å². The molecule has 1 rings (SSSR count). The fourth-order valence-corrected chi connectivity index (χ4v) is 3.05. The molecular weight excluding hydrogens is 276 g/mol. The van der Waals surface area contributed by atoms with Gasteiger partial charge in [-0.05, 0) is 25.1 Å². The summed E-state index contributed by atoms with van der Waals surface area (Å²) < 4.78 is 24.4. The SMILES string of the molecule is CC(C(=O)N(C)C)S(=O)(=O)c1ccc(N)c(Cl)c1. The topological polar surface area (TPSA) is 80.5 Å². The van der Waals surface area contributed by atoms with E-state index in [0.29, 0.717) is 5.69 Å². The number of carbonyl (C=O) groups excluding carboxylic acids is 1. The first kappa shape index (κ1) is 14.8. The summed E-state index contributed by atoms with van der Waals surface area (Å²) in [6.07, 6.45) is 0. The van der Waals surface area contributed by atoms with Gasteiger partial charge in [0.15, 0.2) is 9.84 Å². The first-order valence-electron chi connectivity index (χ1n) is 5.18. The Bertz CT molecular complexity index is 570. The molecule has 0 aliphatic heterocycles. The van der Waals surface area contributed by atoms with Gasteiger partial charge in [0.05, 0.1) is 15.6 Å². The zero-order valence-corrected chi connectivity index (χ0v) is 11.9. The zero-order chi connectivity index (χ0) is 14.1. The molecule has 0 bridgehead atoms. The van der Waals surface area contributed by atoms with Crippen LogP contribution in [0.2, 0.25) is 5.02 Å². The Kier molecular flexibility index (Phi) is 4.24. The third kappa shape index (κ3) is 2.76. The molecule has 2 N–H and O–H groups in total. The second-order valence-corrected chi connectivity index (χ2v) is 6.78. The number of hydrogen-bond donors (Lipinski definition) is 1. The zero-order valence-electron chi connectivity index (χ0n) is 10.3. The van der Waals surface area contributed by atoms with Gasteiger partial charge in [0, 0.05) is 14.1 Å². The van der Waals surface area contributed by atoms with E-state index in [-0.39, 0.29) is 9.92 Å². The molecule has 0 heterocycles. The van der Waals surface area contributed by atoms with Gasteiger partial charge in [-0.25, -0.2) is 8.42 Å². The maximum absolute atomic E-state index is 12.2. The van der Waals surface area contributed by atoms with Crippen LogP contribution in [0.4, 0.5) is 5.69 Å². The number of halogens is 1. The normalized spacial score (nSPS) is 13.1. The highest BCUT2D eigenvalue weighted by Gasteiger charge is 2.31. The molecule has 0 aliphatic carbocycles. The van der Waals surface area contributed by atoms with E-state index in [1.165, 1.54) is 44.1 Å². The third-order valence-electron chi connectivity index (χ3n) is 2.55. The smallest absolute Gasteiger partial charge is 0.240 e. The Morgan fingerprint density at radius 3 is 2.39 bits per heavy atom. The van der Waals surface area contributed by atoms with Crippen molar-refractivity contribution in [3.05, 3.63) is 23.2 Å². The van der Waals surface area contributed by atoms with Crippen molar-refractivity contribution in [2.75, 3.05) is 19.8 Å². The molecular formula is C11H15ClN2O3S. The Labute approximate surface area is 111 Å². The van der Waals surface area contributed by atoms with Crippen LogP contribution in [-0.2, 0) is 14.6 Å². The lowest BCUT2D eigenvalue weighted by atomic mass is 10.3. The van der Waals surface area contributed by atoms with Crippen molar-refractivity contribution in [1.82, 2.24) is 4.90 Å². The van der Waals surface area contributed by atoms with Crippen molar-refractivity contribution in [3.63, 3.8) is 0 Å². The Morgan fingerprint density at radius 2 is 1.94 bits per heavy atom. The molecule has 0 aliphatic rings. The van der Waals surface area contributed by atoms with Gasteiger partial charge in [0.25, 0.3) is 0 Å². The highest BCUT2D eigenvalue weighted by Crippen LogP contribution is 2.25. The highest BCUT2D eigenvalue weighted by molar-refractivity contribution is 7.92. The van der Waals surface area contributed by atoms with Crippen LogP contribution >= 0.6 is 11.6 Å². The van der Waals surface area contributed by atoms with Crippen molar-refractivity contribution in [2.45, 2.75) is 17.1 Å². The fourth-order valence-electron chi connectivity index (χ4n) is 1.39. The Morgan fingerprint density at radius 1 is 1.39 bits per heavy atom. The lowest BCUT2D eigenvalue weighted by molar-refractivity contribution is -0.127.